The van der Waals surface area contributed by atoms with Crippen LogP contribution in [0, 0.1) is 0 Å². The minimum absolute atomic E-state index is 0.224. The average molecular weight is 284 g/mol. The van der Waals surface area contributed by atoms with Crippen LogP contribution in [0.4, 0.5) is 5.69 Å². The summed E-state index contributed by atoms with van der Waals surface area (Å²) in [4.78, 5) is 12.4. The van der Waals surface area contributed by atoms with Gasteiger partial charge in [-0.1, -0.05) is 18.2 Å². The fourth-order valence-corrected chi connectivity index (χ4v) is 2.18. The van der Waals surface area contributed by atoms with E-state index in [9.17, 15) is 4.79 Å². The molecule has 3 rings (SSSR count). The molecule has 1 amide bonds. The van der Waals surface area contributed by atoms with Crippen LogP contribution in [0.1, 0.15) is 15.9 Å². The third kappa shape index (κ3) is 2.83. The SMILES string of the molecule is NCc1ccc(NC(=O)c2cccc3c2OCCO3)cc1. The van der Waals surface area contributed by atoms with Gasteiger partial charge in [-0.2, -0.15) is 0 Å². The zero-order chi connectivity index (χ0) is 14.7. The Bertz CT molecular complexity index is 653. The van der Waals surface area contributed by atoms with Gasteiger partial charge in [-0.15, -0.1) is 0 Å². The number of amides is 1. The van der Waals surface area contributed by atoms with Crippen LogP contribution in [0.3, 0.4) is 0 Å². The van der Waals surface area contributed by atoms with Crippen molar-refractivity contribution in [2.75, 3.05) is 18.5 Å². The van der Waals surface area contributed by atoms with Gasteiger partial charge in [0.05, 0.1) is 5.56 Å². The number of carbonyl (C=O) groups excluding carboxylic acids is 1. The molecule has 108 valence electrons. The van der Waals surface area contributed by atoms with Gasteiger partial charge < -0.3 is 20.5 Å². The maximum absolute atomic E-state index is 12.4. The first-order valence-corrected chi connectivity index (χ1v) is 6.77. The average Bonchev–Trinajstić information content (AvgIpc) is 2.55. The molecule has 0 radical (unpaired) electrons. The Hall–Kier alpha value is -2.53. The van der Waals surface area contributed by atoms with Gasteiger partial charge in [-0.05, 0) is 29.8 Å². The molecule has 0 spiro atoms. The topological polar surface area (TPSA) is 73.6 Å². The highest BCUT2D eigenvalue weighted by molar-refractivity contribution is 6.06. The zero-order valence-electron chi connectivity index (χ0n) is 11.5. The number of fused-ring (bicyclic) bond motifs is 1. The largest absolute Gasteiger partial charge is 0.486 e. The Morgan fingerprint density at radius 3 is 2.62 bits per heavy atom. The molecule has 0 fully saturated rings. The van der Waals surface area contributed by atoms with E-state index in [0.29, 0.717) is 42.5 Å². The van der Waals surface area contributed by atoms with Crippen molar-refractivity contribution in [1.82, 2.24) is 0 Å². The molecule has 0 saturated carbocycles. The molecule has 0 aromatic heterocycles. The fourth-order valence-electron chi connectivity index (χ4n) is 2.18. The van der Waals surface area contributed by atoms with E-state index in [1.165, 1.54) is 0 Å². The van der Waals surface area contributed by atoms with E-state index in [-0.39, 0.29) is 5.91 Å². The summed E-state index contributed by atoms with van der Waals surface area (Å²) < 4.78 is 11.0. The number of hydrogen-bond donors (Lipinski definition) is 2. The molecule has 2 aromatic rings. The van der Waals surface area contributed by atoms with Crippen molar-refractivity contribution < 1.29 is 14.3 Å². The summed E-state index contributed by atoms with van der Waals surface area (Å²) in [5.74, 6) is 0.880. The van der Waals surface area contributed by atoms with E-state index >= 15 is 0 Å². The van der Waals surface area contributed by atoms with Crippen LogP contribution < -0.4 is 20.5 Å². The second-order valence-corrected chi connectivity index (χ2v) is 4.68. The number of nitrogens with one attached hydrogen (secondary N) is 1. The molecule has 5 heteroatoms. The standard InChI is InChI=1S/C16H16N2O3/c17-10-11-4-6-12(7-5-11)18-16(19)13-2-1-3-14-15(13)21-9-8-20-14/h1-7H,8-10,17H2,(H,18,19). The van der Waals surface area contributed by atoms with Gasteiger partial charge in [0.1, 0.15) is 13.2 Å². The van der Waals surface area contributed by atoms with Crippen LogP contribution in [-0.4, -0.2) is 19.1 Å². The van der Waals surface area contributed by atoms with Gasteiger partial charge in [-0.25, -0.2) is 0 Å². The summed E-state index contributed by atoms with van der Waals surface area (Å²) >= 11 is 0. The Kier molecular flexibility index (Phi) is 3.75. The maximum Gasteiger partial charge on any atom is 0.259 e. The third-order valence-electron chi connectivity index (χ3n) is 3.26. The first-order valence-electron chi connectivity index (χ1n) is 6.77. The maximum atomic E-state index is 12.4. The lowest BCUT2D eigenvalue weighted by Crippen LogP contribution is -2.20. The normalized spacial score (nSPS) is 12.8. The first-order chi connectivity index (χ1) is 10.3. The molecule has 0 unspecified atom stereocenters. The Labute approximate surface area is 122 Å². The van der Waals surface area contributed by atoms with Gasteiger partial charge in [-0.3, -0.25) is 4.79 Å². The van der Waals surface area contributed by atoms with Crippen molar-refractivity contribution >= 4 is 11.6 Å². The predicted octanol–water partition coefficient (Wildman–Crippen LogP) is 2.17. The number of nitrogens with two attached hydrogens (primary N) is 1. The summed E-state index contributed by atoms with van der Waals surface area (Å²) in [6.07, 6.45) is 0. The number of rotatable bonds is 3. The van der Waals surface area contributed by atoms with E-state index in [1.807, 2.05) is 24.3 Å². The Balaban J connectivity index is 1.82. The molecular formula is C16H16N2O3. The molecule has 21 heavy (non-hydrogen) atoms. The van der Waals surface area contributed by atoms with Crippen LogP contribution in [0.15, 0.2) is 42.5 Å². The summed E-state index contributed by atoms with van der Waals surface area (Å²) in [5, 5.41) is 2.84. The Morgan fingerprint density at radius 1 is 1.10 bits per heavy atom. The molecule has 0 aliphatic carbocycles. The molecular weight excluding hydrogens is 268 g/mol. The molecule has 1 aliphatic heterocycles. The molecule has 1 heterocycles. The molecule has 5 nitrogen and oxygen atoms in total. The van der Waals surface area contributed by atoms with Gasteiger partial charge >= 0.3 is 0 Å². The van der Waals surface area contributed by atoms with Crippen molar-refractivity contribution in [2.45, 2.75) is 6.54 Å². The fraction of sp³-hybridized carbons (Fsp3) is 0.188. The van der Waals surface area contributed by atoms with Gasteiger partial charge in [0.25, 0.3) is 5.91 Å². The molecule has 0 saturated heterocycles. The lowest BCUT2D eigenvalue weighted by atomic mass is 10.1. The lowest BCUT2D eigenvalue weighted by Gasteiger charge is -2.20. The Morgan fingerprint density at radius 2 is 1.86 bits per heavy atom. The molecule has 2 aromatic carbocycles. The summed E-state index contributed by atoms with van der Waals surface area (Å²) in [5.41, 5.74) is 7.75. The first kappa shape index (κ1) is 13.5. The van der Waals surface area contributed by atoms with E-state index < -0.39 is 0 Å². The van der Waals surface area contributed by atoms with Crippen molar-refractivity contribution in [1.29, 1.82) is 0 Å². The van der Waals surface area contributed by atoms with Crippen molar-refractivity contribution in [2.24, 2.45) is 5.73 Å². The van der Waals surface area contributed by atoms with Gasteiger partial charge in [0.2, 0.25) is 0 Å². The number of anilines is 1. The van der Waals surface area contributed by atoms with Crippen LogP contribution in [0.25, 0.3) is 0 Å². The highest BCUT2D eigenvalue weighted by Crippen LogP contribution is 2.33. The second kappa shape index (κ2) is 5.85. The van der Waals surface area contributed by atoms with E-state index in [4.69, 9.17) is 15.2 Å². The minimum atomic E-state index is -0.224. The number of benzene rings is 2. The molecule has 3 N–H and O–H groups in total. The molecule has 0 bridgehead atoms. The summed E-state index contributed by atoms with van der Waals surface area (Å²) in [7, 11) is 0. The third-order valence-corrected chi connectivity index (χ3v) is 3.26. The molecule has 1 aliphatic rings. The monoisotopic (exact) mass is 284 g/mol. The van der Waals surface area contributed by atoms with Crippen molar-refractivity contribution in [3.63, 3.8) is 0 Å². The van der Waals surface area contributed by atoms with Gasteiger partial charge in [0.15, 0.2) is 11.5 Å². The van der Waals surface area contributed by atoms with E-state index in [1.54, 1.807) is 18.2 Å². The summed E-state index contributed by atoms with van der Waals surface area (Å²) in [6, 6.07) is 12.7. The van der Waals surface area contributed by atoms with Crippen LogP contribution in [-0.2, 0) is 6.54 Å². The van der Waals surface area contributed by atoms with Crippen molar-refractivity contribution in [3.8, 4) is 11.5 Å². The van der Waals surface area contributed by atoms with E-state index in [2.05, 4.69) is 5.32 Å². The van der Waals surface area contributed by atoms with Crippen LogP contribution >= 0.6 is 0 Å². The number of hydrogen-bond acceptors (Lipinski definition) is 4. The zero-order valence-corrected chi connectivity index (χ0v) is 11.5. The predicted molar refractivity (Wildman–Crippen MR) is 79.7 cm³/mol. The lowest BCUT2D eigenvalue weighted by molar-refractivity contribution is 0.101. The number of para-hydroxylation sites is 1. The quantitative estimate of drug-likeness (QED) is 0.906. The number of carbonyl (C=O) groups is 1. The summed E-state index contributed by atoms with van der Waals surface area (Å²) in [6.45, 7) is 1.42. The number of ether oxygens (including phenoxy) is 2. The minimum Gasteiger partial charge on any atom is -0.486 e. The second-order valence-electron chi connectivity index (χ2n) is 4.68. The highest BCUT2D eigenvalue weighted by atomic mass is 16.6. The van der Waals surface area contributed by atoms with Gasteiger partial charge in [0, 0.05) is 12.2 Å². The van der Waals surface area contributed by atoms with Crippen LogP contribution in [0.2, 0.25) is 0 Å². The molecule has 0 atom stereocenters. The highest BCUT2D eigenvalue weighted by Gasteiger charge is 2.20. The smallest absolute Gasteiger partial charge is 0.259 e. The van der Waals surface area contributed by atoms with Crippen LogP contribution in [0.5, 0.6) is 11.5 Å². The van der Waals surface area contributed by atoms with E-state index in [0.717, 1.165) is 5.56 Å². The van der Waals surface area contributed by atoms with Crippen molar-refractivity contribution in [3.05, 3.63) is 53.6 Å².